The Morgan fingerprint density at radius 2 is 2.20 bits per heavy atom. The second-order valence-corrected chi connectivity index (χ2v) is 4.89. The van der Waals surface area contributed by atoms with Gasteiger partial charge in [-0.1, -0.05) is 6.07 Å². The molecular weight excluding hydrogens is 254 g/mol. The van der Waals surface area contributed by atoms with Gasteiger partial charge in [0.2, 0.25) is 0 Å². The van der Waals surface area contributed by atoms with E-state index in [2.05, 4.69) is 4.98 Å². The van der Waals surface area contributed by atoms with Gasteiger partial charge < -0.3 is 10.3 Å². The summed E-state index contributed by atoms with van der Waals surface area (Å²) in [4.78, 5) is 28.9. The zero-order chi connectivity index (χ0) is 14.1. The van der Waals surface area contributed by atoms with Crippen LogP contribution in [0.2, 0.25) is 0 Å². The van der Waals surface area contributed by atoms with Crippen LogP contribution in [-0.4, -0.2) is 27.7 Å². The highest BCUT2D eigenvalue weighted by Crippen LogP contribution is 2.32. The van der Waals surface area contributed by atoms with Crippen molar-refractivity contribution < 1.29 is 9.59 Å². The standard InChI is InChI=1S/C15H15N3O2/c16-4-7-18-6-3-11-14(18)13(19)8-12(15(11)20)10-2-1-5-17-9-10/h1-3,5-6,9,12H,4,7-8,16H2. The summed E-state index contributed by atoms with van der Waals surface area (Å²) in [6.45, 7) is 0.987. The number of ketones is 2. The third-order valence-corrected chi connectivity index (χ3v) is 3.66. The Labute approximate surface area is 116 Å². The highest BCUT2D eigenvalue weighted by Gasteiger charge is 2.35. The minimum absolute atomic E-state index is 0.00750. The molecule has 0 bridgehead atoms. The van der Waals surface area contributed by atoms with Gasteiger partial charge in [0.25, 0.3) is 0 Å². The average Bonchev–Trinajstić information content (AvgIpc) is 2.89. The Morgan fingerprint density at radius 1 is 1.35 bits per heavy atom. The summed E-state index contributed by atoms with van der Waals surface area (Å²) in [5.41, 5.74) is 7.32. The highest BCUT2D eigenvalue weighted by molar-refractivity contribution is 6.16. The molecule has 2 aromatic heterocycles. The molecule has 3 rings (SSSR count). The molecule has 5 nitrogen and oxygen atoms in total. The maximum Gasteiger partial charge on any atom is 0.181 e. The zero-order valence-corrected chi connectivity index (χ0v) is 11.0. The first-order valence-corrected chi connectivity index (χ1v) is 6.59. The van der Waals surface area contributed by atoms with Crippen LogP contribution in [-0.2, 0) is 6.54 Å². The van der Waals surface area contributed by atoms with Gasteiger partial charge in [-0.2, -0.15) is 0 Å². The van der Waals surface area contributed by atoms with Crippen molar-refractivity contribution in [2.75, 3.05) is 6.54 Å². The van der Waals surface area contributed by atoms with E-state index >= 15 is 0 Å². The molecule has 2 N–H and O–H groups in total. The summed E-state index contributed by atoms with van der Waals surface area (Å²) >= 11 is 0. The van der Waals surface area contributed by atoms with E-state index in [-0.39, 0.29) is 18.0 Å². The molecule has 0 saturated carbocycles. The van der Waals surface area contributed by atoms with E-state index < -0.39 is 5.92 Å². The Kier molecular flexibility index (Phi) is 3.20. The molecule has 0 amide bonds. The number of aromatic nitrogens is 2. The van der Waals surface area contributed by atoms with Crippen molar-refractivity contribution in [3.63, 3.8) is 0 Å². The summed E-state index contributed by atoms with van der Waals surface area (Å²) < 4.78 is 1.77. The van der Waals surface area contributed by atoms with E-state index in [0.29, 0.717) is 24.3 Å². The van der Waals surface area contributed by atoms with Crippen molar-refractivity contribution in [2.24, 2.45) is 5.73 Å². The second-order valence-electron chi connectivity index (χ2n) is 4.89. The van der Waals surface area contributed by atoms with E-state index in [1.54, 1.807) is 35.3 Å². The predicted octanol–water partition coefficient (Wildman–Crippen LogP) is 1.39. The van der Waals surface area contributed by atoms with Crippen LogP contribution in [0.5, 0.6) is 0 Å². The maximum atomic E-state index is 12.6. The number of Topliss-reactive ketones (excluding diaryl/α,β-unsaturated/α-hetero) is 2. The largest absolute Gasteiger partial charge is 0.343 e. The van der Waals surface area contributed by atoms with Crippen molar-refractivity contribution in [2.45, 2.75) is 18.9 Å². The first-order valence-electron chi connectivity index (χ1n) is 6.59. The summed E-state index contributed by atoms with van der Waals surface area (Å²) in [6.07, 6.45) is 5.27. The average molecular weight is 269 g/mol. The normalized spacial score (nSPS) is 18.1. The minimum Gasteiger partial charge on any atom is -0.343 e. The quantitative estimate of drug-likeness (QED) is 0.913. The van der Waals surface area contributed by atoms with Crippen LogP contribution >= 0.6 is 0 Å². The summed E-state index contributed by atoms with van der Waals surface area (Å²) in [5.74, 6) is -0.437. The molecule has 1 aliphatic rings. The van der Waals surface area contributed by atoms with Crippen LogP contribution in [0.25, 0.3) is 0 Å². The van der Waals surface area contributed by atoms with Gasteiger partial charge in [0.15, 0.2) is 11.6 Å². The Bertz CT molecular complexity index is 661. The summed E-state index contributed by atoms with van der Waals surface area (Å²) in [6, 6.07) is 5.33. The topological polar surface area (TPSA) is 78.0 Å². The smallest absolute Gasteiger partial charge is 0.181 e. The zero-order valence-electron chi connectivity index (χ0n) is 11.0. The van der Waals surface area contributed by atoms with Crippen molar-refractivity contribution in [1.82, 2.24) is 9.55 Å². The van der Waals surface area contributed by atoms with Gasteiger partial charge in [-0.25, -0.2) is 0 Å². The highest BCUT2D eigenvalue weighted by atomic mass is 16.1. The molecule has 0 spiro atoms. The number of hydrogen-bond donors (Lipinski definition) is 1. The molecule has 0 aliphatic heterocycles. The number of nitrogens with zero attached hydrogens (tertiary/aromatic N) is 2. The Balaban J connectivity index is 2.02. The number of nitrogens with two attached hydrogens (primary N) is 1. The minimum atomic E-state index is -0.419. The molecule has 0 radical (unpaired) electrons. The molecule has 5 heteroatoms. The van der Waals surface area contributed by atoms with Gasteiger partial charge in [0, 0.05) is 43.7 Å². The van der Waals surface area contributed by atoms with Gasteiger partial charge in [0.1, 0.15) is 0 Å². The molecule has 2 heterocycles. The van der Waals surface area contributed by atoms with Crippen LogP contribution in [0.3, 0.4) is 0 Å². The van der Waals surface area contributed by atoms with Crippen molar-refractivity contribution in [3.8, 4) is 0 Å². The van der Waals surface area contributed by atoms with Crippen molar-refractivity contribution in [3.05, 3.63) is 53.6 Å². The van der Waals surface area contributed by atoms with Gasteiger partial charge in [-0.3, -0.25) is 14.6 Å². The van der Waals surface area contributed by atoms with Gasteiger partial charge in [-0.05, 0) is 17.7 Å². The molecular formula is C15H15N3O2. The monoisotopic (exact) mass is 269 g/mol. The lowest BCUT2D eigenvalue weighted by Crippen LogP contribution is -2.27. The molecule has 0 fully saturated rings. The van der Waals surface area contributed by atoms with Crippen LogP contribution < -0.4 is 5.73 Å². The van der Waals surface area contributed by atoms with Crippen LogP contribution in [0.1, 0.15) is 38.7 Å². The van der Waals surface area contributed by atoms with E-state index in [1.807, 2.05) is 6.07 Å². The van der Waals surface area contributed by atoms with Gasteiger partial charge >= 0.3 is 0 Å². The fourth-order valence-corrected chi connectivity index (χ4v) is 2.72. The lowest BCUT2D eigenvalue weighted by molar-refractivity contribution is 0.0859. The number of fused-ring (bicyclic) bond motifs is 1. The molecule has 0 saturated heterocycles. The van der Waals surface area contributed by atoms with E-state index in [0.717, 1.165) is 5.56 Å². The maximum absolute atomic E-state index is 12.6. The fraction of sp³-hybridized carbons (Fsp3) is 0.267. The molecule has 102 valence electrons. The van der Waals surface area contributed by atoms with Gasteiger partial charge in [0.05, 0.1) is 11.6 Å². The number of carbonyl (C=O) groups is 2. The van der Waals surface area contributed by atoms with Crippen LogP contribution in [0, 0.1) is 0 Å². The summed E-state index contributed by atoms with van der Waals surface area (Å²) in [5, 5.41) is 0. The third-order valence-electron chi connectivity index (χ3n) is 3.66. The molecule has 1 unspecified atom stereocenters. The number of rotatable bonds is 3. The van der Waals surface area contributed by atoms with Gasteiger partial charge in [-0.15, -0.1) is 0 Å². The Morgan fingerprint density at radius 3 is 2.90 bits per heavy atom. The molecule has 1 aliphatic carbocycles. The predicted molar refractivity (Wildman–Crippen MR) is 73.7 cm³/mol. The first-order chi connectivity index (χ1) is 9.72. The van der Waals surface area contributed by atoms with E-state index in [1.165, 1.54) is 0 Å². The number of pyridine rings is 1. The molecule has 2 aromatic rings. The number of hydrogen-bond acceptors (Lipinski definition) is 4. The SMILES string of the molecule is NCCn1ccc2c1C(=O)CC(c1cccnc1)C2=O. The summed E-state index contributed by atoms with van der Waals surface area (Å²) in [7, 11) is 0. The van der Waals surface area contributed by atoms with E-state index in [9.17, 15) is 9.59 Å². The fourth-order valence-electron chi connectivity index (χ4n) is 2.72. The third kappa shape index (κ3) is 1.96. The van der Waals surface area contributed by atoms with E-state index in [4.69, 9.17) is 5.73 Å². The second kappa shape index (κ2) is 5.02. The lowest BCUT2D eigenvalue weighted by Gasteiger charge is -2.21. The van der Waals surface area contributed by atoms with Crippen molar-refractivity contribution in [1.29, 1.82) is 0 Å². The van der Waals surface area contributed by atoms with Crippen molar-refractivity contribution >= 4 is 11.6 Å². The number of carbonyl (C=O) groups excluding carboxylic acids is 2. The first kappa shape index (κ1) is 12.7. The van der Waals surface area contributed by atoms with Crippen LogP contribution in [0.15, 0.2) is 36.8 Å². The van der Waals surface area contributed by atoms with Crippen LogP contribution in [0.4, 0.5) is 0 Å². The lowest BCUT2D eigenvalue weighted by atomic mass is 9.81. The molecule has 20 heavy (non-hydrogen) atoms. The molecule has 0 aromatic carbocycles. The Hall–Kier alpha value is -2.27. The molecule has 1 atom stereocenters.